The molecule has 0 amide bonds. The van der Waals surface area contributed by atoms with E-state index in [9.17, 15) is 9.59 Å². The van der Waals surface area contributed by atoms with Gasteiger partial charge in [-0.05, 0) is 0 Å². The van der Waals surface area contributed by atoms with Crippen LogP contribution in [0.5, 0.6) is 0 Å². The van der Waals surface area contributed by atoms with Crippen LogP contribution in [0.1, 0.15) is 6.42 Å². The molecule has 0 heterocycles. The van der Waals surface area contributed by atoms with Crippen LogP contribution in [0.25, 0.3) is 0 Å². The van der Waals surface area contributed by atoms with Gasteiger partial charge in [-0.1, -0.05) is 0 Å². The van der Waals surface area contributed by atoms with Crippen LogP contribution in [-0.2, 0) is 9.59 Å². The molecular formula is C9H10Cl6O4. The second kappa shape index (κ2) is 8.85. The molecule has 19 heavy (non-hydrogen) atoms. The van der Waals surface area contributed by atoms with Crippen molar-refractivity contribution in [2.75, 3.05) is 0 Å². The maximum Gasteiger partial charge on any atom is 0.314 e. The number of alkyl halides is 6. The van der Waals surface area contributed by atoms with E-state index in [-0.39, 0.29) is 0 Å². The summed E-state index contributed by atoms with van der Waals surface area (Å²) in [6.45, 7) is 0. The van der Waals surface area contributed by atoms with Gasteiger partial charge in [-0.25, -0.2) is 0 Å². The molecule has 1 aliphatic carbocycles. The Bertz CT molecular complexity index is 257. The molecule has 0 saturated heterocycles. The van der Waals surface area contributed by atoms with E-state index >= 15 is 0 Å². The Morgan fingerprint density at radius 1 is 0.632 bits per heavy atom. The van der Waals surface area contributed by atoms with Crippen molar-refractivity contribution < 1.29 is 19.8 Å². The lowest BCUT2D eigenvalue weighted by molar-refractivity contribution is -0.147. The Balaban J connectivity index is 0.000000399. The molecule has 1 rings (SSSR count). The van der Waals surface area contributed by atoms with Crippen molar-refractivity contribution in [1.29, 1.82) is 0 Å². The molecule has 0 atom stereocenters. The van der Waals surface area contributed by atoms with Crippen LogP contribution >= 0.6 is 69.6 Å². The summed E-state index contributed by atoms with van der Waals surface area (Å²) >= 11 is 35.3. The van der Waals surface area contributed by atoms with Crippen LogP contribution in [0, 0.1) is 0 Å². The minimum absolute atomic E-state index is 0.437. The zero-order chi connectivity index (χ0) is 15.3. The fourth-order valence-corrected chi connectivity index (χ4v) is 3.51. The van der Waals surface area contributed by atoms with Crippen molar-refractivity contribution in [3.8, 4) is 0 Å². The third kappa shape index (κ3) is 6.32. The molecule has 1 saturated carbocycles. The minimum Gasteiger partial charge on any atom is -0.481 e. The fraction of sp³-hybridized carbons (Fsp3) is 0.778. The molecular weight excluding hydrogens is 385 g/mol. The van der Waals surface area contributed by atoms with Crippen LogP contribution in [0.4, 0.5) is 0 Å². The van der Waals surface area contributed by atoms with Crippen LogP contribution in [0.2, 0.25) is 0 Å². The summed E-state index contributed by atoms with van der Waals surface area (Å²) in [7, 11) is 0. The molecule has 0 spiro atoms. The summed E-state index contributed by atoms with van der Waals surface area (Å²) in [5, 5.41) is 12.8. The summed E-state index contributed by atoms with van der Waals surface area (Å²) in [4.78, 5) is 18.9. The molecule has 0 aromatic heterocycles. The Morgan fingerprint density at radius 3 is 0.842 bits per heavy atom. The summed E-state index contributed by atoms with van der Waals surface area (Å²) in [6, 6.07) is 0. The maximum atomic E-state index is 9.43. The molecule has 0 aliphatic heterocycles. The second-order valence-corrected chi connectivity index (χ2v) is 6.65. The standard InChI is InChI=1S/C6H6Cl6.C3H4O4/c7-1-2(8)4(10)6(12)5(11)3(1)9;4-2(5)1-3(6)7/h1-6H;1H2,(H,4,5)(H,6,7)/t1-,2-,3-,4+,5+,6+;. The third-order valence-corrected chi connectivity index (χ3v) is 6.16. The predicted molar refractivity (Wildman–Crippen MR) is 77.7 cm³/mol. The number of carboxylic acids is 2. The SMILES string of the molecule is Cl[C@H]1[C@H](Cl)[C@@H](Cl)[C@@H](Cl)[C@H](Cl)[C@H]1Cl.O=C(O)CC(=O)O. The van der Waals surface area contributed by atoms with E-state index in [4.69, 9.17) is 79.8 Å². The number of rotatable bonds is 2. The number of aliphatic carboxylic acids is 2. The summed E-state index contributed by atoms with van der Waals surface area (Å²) in [5.41, 5.74) is 0. The molecule has 1 fully saturated rings. The molecule has 2 N–H and O–H groups in total. The van der Waals surface area contributed by atoms with E-state index in [1.54, 1.807) is 0 Å². The molecule has 10 heteroatoms. The number of hydrogen-bond donors (Lipinski definition) is 2. The Morgan fingerprint density at radius 2 is 0.789 bits per heavy atom. The predicted octanol–water partition coefficient (Wildman–Crippen LogP) is 3.19. The fourth-order valence-electron chi connectivity index (χ4n) is 1.18. The van der Waals surface area contributed by atoms with Crippen molar-refractivity contribution in [3.63, 3.8) is 0 Å². The van der Waals surface area contributed by atoms with Gasteiger partial charge in [0.1, 0.15) is 6.42 Å². The number of hydrogen-bond acceptors (Lipinski definition) is 2. The third-order valence-electron chi connectivity index (χ3n) is 2.13. The van der Waals surface area contributed by atoms with Gasteiger partial charge in [0.05, 0.1) is 32.3 Å². The van der Waals surface area contributed by atoms with Crippen molar-refractivity contribution in [3.05, 3.63) is 0 Å². The maximum absolute atomic E-state index is 9.43. The average Bonchev–Trinajstić information content (AvgIpc) is 2.30. The lowest BCUT2D eigenvalue weighted by Crippen LogP contribution is -2.52. The molecule has 0 aromatic rings. The summed E-state index contributed by atoms with van der Waals surface area (Å²) in [5.74, 6) is -2.62. The van der Waals surface area contributed by atoms with E-state index in [2.05, 4.69) is 0 Å². The lowest BCUT2D eigenvalue weighted by Gasteiger charge is -2.37. The average molecular weight is 395 g/mol. The van der Waals surface area contributed by atoms with E-state index in [1.807, 2.05) is 0 Å². The largest absolute Gasteiger partial charge is 0.481 e. The smallest absolute Gasteiger partial charge is 0.314 e. The topological polar surface area (TPSA) is 74.6 Å². The normalized spacial score (nSPS) is 38.0. The first-order chi connectivity index (χ1) is 8.59. The van der Waals surface area contributed by atoms with Gasteiger partial charge < -0.3 is 10.2 Å². The summed E-state index contributed by atoms with van der Waals surface area (Å²) < 4.78 is 0. The van der Waals surface area contributed by atoms with Crippen LogP contribution < -0.4 is 0 Å². The highest BCUT2D eigenvalue weighted by atomic mass is 35.5. The highest BCUT2D eigenvalue weighted by Crippen LogP contribution is 2.39. The van der Waals surface area contributed by atoms with Gasteiger partial charge >= 0.3 is 11.9 Å². The van der Waals surface area contributed by atoms with Gasteiger partial charge in [0.15, 0.2) is 0 Å². The highest BCUT2D eigenvalue weighted by molar-refractivity contribution is 6.45. The van der Waals surface area contributed by atoms with Gasteiger partial charge in [0, 0.05) is 0 Å². The van der Waals surface area contributed by atoms with Crippen LogP contribution in [0.15, 0.2) is 0 Å². The van der Waals surface area contributed by atoms with Crippen LogP contribution in [-0.4, -0.2) is 54.4 Å². The van der Waals surface area contributed by atoms with Gasteiger partial charge in [-0.2, -0.15) is 0 Å². The molecule has 1 aliphatic rings. The first kappa shape index (κ1) is 19.7. The van der Waals surface area contributed by atoms with Crippen molar-refractivity contribution >= 4 is 81.5 Å². The molecule has 112 valence electrons. The van der Waals surface area contributed by atoms with Gasteiger partial charge in [0.25, 0.3) is 0 Å². The Labute approximate surface area is 139 Å². The number of halogens is 6. The van der Waals surface area contributed by atoms with Crippen LogP contribution in [0.3, 0.4) is 0 Å². The van der Waals surface area contributed by atoms with Crippen molar-refractivity contribution in [2.45, 2.75) is 38.7 Å². The van der Waals surface area contributed by atoms with E-state index < -0.39 is 50.6 Å². The Kier molecular flexibility index (Phi) is 9.17. The quantitative estimate of drug-likeness (QED) is 0.557. The van der Waals surface area contributed by atoms with E-state index in [0.717, 1.165) is 0 Å². The number of carbonyl (C=O) groups is 2. The Hall–Kier alpha value is 0.680. The zero-order valence-electron chi connectivity index (χ0n) is 9.15. The second-order valence-electron chi connectivity index (χ2n) is 3.63. The first-order valence-corrected chi connectivity index (χ1v) is 7.49. The highest BCUT2D eigenvalue weighted by Gasteiger charge is 2.46. The molecule has 4 nitrogen and oxygen atoms in total. The molecule has 0 radical (unpaired) electrons. The van der Waals surface area contributed by atoms with Gasteiger partial charge in [0.2, 0.25) is 0 Å². The molecule has 0 bridgehead atoms. The van der Waals surface area contributed by atoms with Gasteiger partial charge in [-0.3, -0.25) is 9.59 Å². The minimum atomic E-state index is -1.31. The lowest BCUT2D eigenvalue weighted by atomic mass is 9.97. The molecule has 0 unspecified atom stereocenters. The van der Waals surface area contributed by atoms with E-state index in [1.165, 1.54) is 0 Å². The van der Waals surface area contributed by atoms with E-state index in [0.29, 0.717) is 0 Å². The van der Waals surface area contributed by atoms with Crippen molar-refractivity contribution in [2.24, 2.45) is 0 Å². The molecule has 0 aromatic carbocycles. The van der Waals surface area contributed by atoms with Gasteiger partial charge in [-0.15, -0.1) is 69.6 Å². The summed E-state index contributed by atoms with van der Waals surface area (Å²) in [6.07, 6.45) is -0.806. The monoisotopic (exact) mass is 392 g/mol. The zero-order valence-corrected chi connectivity index (χ0v) is 13.7. The first-order valence-electron chi connectivity index (χ1n) is 4.87. The van der Waals surface area contributed by atoms with Crippen molar-refractivity contribution in [1.82, 2.24) is 0 Å². The number of carboxylic acid groups (broad SMARTS) is 2.